The van der Waals surface area contributed by atoms with Gasteiger partial charge in [-0.05, 0) is 52.0 Å². The zero-order valence-corrected chi connectivity index (χ0v) is 24.0. The Kier molecular flexibility index (Phi) is 10.9. The number of nitro benzene ring substituents is 1. The lowest BCUT2D eigenvalue weighted by molar-refractivity contribution is -0.385. The Morgan fingerprint density at radius 2 is 1.37 bits per heavy atom. The van der Waals surface area contributed by atoms with Crippen molar-refractivity contribution in [3.05, 3.63) is 148 Å². The standard InChI is InChI=1S/C31H26N2O5S.C2H6/c1-2-29(24-10-5-3-6-11-24)31(25-12-7-4-8-13-25)26-19-16-23(17-20-26)18-21-30(34)32-39(37,38)28-15-9-14-27(22-28)33(35)36;1-2/h3-22H,2H2,1H3,(H,32,34);1-2H3/b21-18+,31-29-;. The highest BCUT2D eigenvalue weighted by molar-refractivity contribution is 7.90. The van der Waals surface area contributed by atoms with E-state index in [0.717, 1.165) is 40.8 Å². The van der Waals surface area contributed by atoms with Gasteiger partial charge in [0, 0.05) is 18.2 Å². The molecule has 8 heteroatoms. The first kappa shape index (κ1) is 30.7. The van der Waals surface area contributed by atoms with Gasteiger partial charge in [0.2, 0.25) is 0 Å². The van der Waals surface area contributed by atoms with Crippen LogP contribution in [-0.2, 0) is 14.8 Å². The van der Waals surface area contributed by atoms with Crippen LogP contribution in [0, 0.1) is 10.1 Å². The van der Waals surface area contributed by atoms with Gasteiger partial charge >= 0.3 is 0 Å². The fourth-order valence-electron chi connectivity index (χ4n) is 4.21. The van der Waals surface area contributed by atoms with Gasteiger partial charge in [-0.3, -0.25) is 14.9 Å². The molecule has 0 atom stereocenters. The minimum atomic E-state index is -4.27. The summed E-state index contributed by atoms with van der Waals surface area (Å²) in [6.07, 6.45) is 3.44. The third kappa shape index (κ3) is 8.09. The van der Waals surface area contributed by atoms with Crippen molar-refractivity contribution in [1.82, 2.24) is 4.72 Å². The molecule has 41 heavy (non-hydrogen) atoms. The van der Waals surface area contributed by atoms with Gasteiger partial charge in [-0.25, -0.2) is 13.1 Å². The van der Waals surface area contributed by atoms with Crippen molar-refractivity contribution in [2.75, 3.05) is 0 Å². The summed E-state index contributed by atoms with van der Waals surface area (Å²) in [4.78, 5) is 22.2. The van der Waals surface area contributed by atoms with Gasteiger partial charge in [0.05, 0.1) is 9.82 Å². The molecule has 0 bridgehead atoms. The highest BCUT2D eigenvalue weighted by Crippen LogP contribution is 2.34. The topological polar surface area (TPSA) is 106 Å². The van der Waals surface area contributed by atoms with Gasteiger partial charge in [-0.2, -0.15) is 0 Å². The number of rotatable bonds is 9. The van der Waals surface area contributed by atoms with Crippen LogP contribution in [0.4, 0.5) is 5.69 Å². The van der Waals surface area contributed by atoms with E-state index in [-0.39, 0.29) is 10.6 Å². The molecule has 4 rings (SSSR count). The summed E-state index contributed by atoms with van der Waals surface area (Å²) in [6, 6.07) is 32.5. The zero-order valence-electron chi connectivity index (χ0n) is 23.2. The monoisotopic (exact) mass is 568 g/mol. The van der Waals surface area contributed by atoms with Crippen molar-refractivity contribution in [1.29, 1.82) is 0 Å². The fraction of sp³-hybridized carbons (Fsp3) is 0.121. The van der Waals surface area contributed by atoms with Crippen LogP contribution in [0.2, 0.25) is 0 Å². The first-order chi connectivity index (χ1) is 19.8. The maximum atomic E-state index is 12.5. The minimum Gasteiger partial charge on any atom is -0.269 e. The van der Waals surface area contributed by atoms with Gasteiger partial charge in [0.25, 0.3) is 21.6 Å². The average Bonchev–Trinajstić information content (AvgIpc) is 3.01. The lowest BCUT2D eigenvalue weighted by Crippen LogP contribution is -2.29. The number of carbonyl (C=O) groups excluding carboxylic acids is 1. The number of benzene rings is 4. The third-order valence-electron chi connectivity index (χ3n) is 6.04. The van der Waals surface area contributed by atoms with Crippen LogP contribution in [0.15, 0.2) is 120 Å². The number of hydrogen-bond donors (Lipinski definition) is 1. The number of hydrogen-bond acceptors (Lipinski definition) is 5. The van der Waals surface area contributed by atoms with Crippen LogP contribution < -0.4 is 4.72 Å². The molecule has 0 aliphatic rings. The van der Waals surface area contributed by atoms with E-state index in [1.165, 1.54) is 29.8 Å². The van der Waals surface area contributed by atoms with Gasteiger partial charge in [0.1, 0.15) is 0 Å². The van der Waals surface area contributed by atoms with Gasteiger partial charge in [-0.1, -0.05) is 112 Å². The molecule has 0 aliphatic carbocycles. The van der Waals surface area contributed by atoms with Crippen molar-refractivity contribution in [3.8, 4) is 0 Å². The van der Waals surface area contributed by atoms with Crippen molar-refractivity contribution >= 4 is 38.8 Å². The Labute approximate surface area is 241 Å². The lowest BCUT2D eigenvalue weighted by Gasteiger charge is -2.16. The highest BCUT2D eigenvalue weighted by Gasteiger charge is 2.19. The minimum absolute atomic E-state index is 0.367. The first-order valence-corrected chi connectivity index (χ1v) is 14.7. The summed E-state index contributed by atoms with van der Waals surface area (Å²) in [6.45, 7) is 6.13. The fourth-order valence-corrected chi connectivity index (χ4v) is 5.19. The molecule has 0 unspecified atom stereocenters. The van der Waals surface area contributed by atoms with E-state index in [2.05, 4.69) is 31.2 Å². The Morgan fingerprint density at radius 3 is 1.93 bits per heavy atom. The summed E-state index contributed by atoms with van der Waals surface area (Å²) < 4.78 is 26.9. The Morgan fingerprint density at radius 1 is 0.805 bits per heavy atom. The van der Waals surface area contributed by atoms with Crippen LogP contribution in [0.25, 0.3) is 17.2 Å². The Hall–Kier alpha value is -4.82. The molecule has 1 N–H and O–H groups in total. The largest absolute Gasteiger partial charge is 0.270 e. The van der Waals surface area contributed by atoms with Crippen molar-refractivity contribution in [2.24, 2.45) is 0 Å². The molecule has 0 radical (unpaired) electrons. The van der Waals surface area contributed by atoms with Crippen LogP contribution in [-0.4, -0.2) is 19.2 Å². The summed E-state index contributed by atoms with van der Waals surface area (Å²) in [7, 11) is -4.27. The quantitative estimate of drug-likeness (QED) is 0.0973. The van der Waals surface area contributed by atoms with E-state index in [9.17, 15) is 23.3 Å². The first-order valence-electron chi connectivity index (χ1n) is 13.2. The molecule has 0 saturated heterocycles. The van der Waals surface area contributed by atoms with E-state index in [1.807, 2.05) is 79.2 Å². The van der Waals surface area contributed by atoms with Crippen LogP contribution in [0.1, 0.15) is 49.4 Å². The number of allylic oxidation sites excluding steroid dienone is 1. The second-order valence-electron chi connectivity index (χ2n) is 8.62. The molecule has 0 fully saturated rings. The third-order valence-corrected chi connectivity index (χ3v) is 7.38. The zero-order chi connectivity index (χ0) is 29.8. The molecule has 4 aromatic rings. The maximum Gasteiger partial charge on any atom is 0.270 e. The molecule has 0 heterocycles. The van der Waals surface area contributed by atoms with Crippen LogP contribution in [0.5, 0.6) is 0 Å². The van der Waals surface area contributed by atoms with Gasteiger partial charge < -0.3 is 0 Å². The maximum absolute atomic E-state index is 12.5. The molecule has 4 aromatic carbocycles. The highest BCUT2D eigenvalue weighted by atomic mass is 32.2. The molecular formula is C33H32N2O5S. The summed E-state index contributed by atoms with van der Waals surface area (Å²) in [5.41, 5.74) is 5.88. The molecule has 0 saturated carbocycles. The predicted octanol–water partition coefficient (Wildman–Crippen LogP) is 7.51. The molecule has 1 amide bonds. The Bertz CT molecular complexity index is 1650. The molecule has 0 aromatic heterocycles. The van der Waals surface area contributed by atoms with E-state index >= 15 is 0 Å². The number of nitrogens with one attached hydrogen (secondary N) is 1. The Balaban J connectivity index is 0.00000226. The second kappa shape index (κ2) is 14.5. The summed E-state index contributed by atoms with van der Waals surface area (Å²) >= 11 is 0. The van der Waals surface area contributed by atoms with E-state index in [0.29, 0.717) is 5.56 Å². The number of amides is 1. The van der Waals surface area contributed by atoms with Crippen molar-refractivity contribution in [2.45, 2.75) is 32.1 Å². The predicted molar refractivity (Wildman–Crippen MR) is 164 cm³/mol. The average molecular weight is 569 g/mol. The smallest absolute Gasteiger partial charge is 0.269 e. The van der Waals surface area contributed by atoms with Crippen molar-refractivity contribution < 1.29 is 18.1 Å². The second-order valence-corrected chi connectivity index (χ2v) is 10.3. The number of nitrogens with zero attached hydrogens (tertiary/aromatic N) is 1. The van der Waals surface area contributed by atoms with Gasteiger partial charge in [0.15, 0.2) is 0 Å². The number of carbonyl (C=O) groups is 1. The lowest BCUT2D eigenvalue weighted by atomic mass is 9.88. The molecular weight excluding hydrogens is 536 g/mol. The van der Waals surface area contributed by atoms with E-state index in [4.69, 9.17) is 0 Å². The molecule has 0 spiro atoms. The summed E-state index contributed by atoms with van der Waals surface area (Å²) in [5, 5.41) is 10.9. The molecule has 210 valence electrons. The number of non-ortho nitro benzene ring substituents is 1. The van der Waals surface area contributed by atoms with E-state index < -0.39 is 20.9 Å². The number of sulfonamides is 1. The van der Waals surface area contributed by atoms with Crippen LogP contribution >= 0.6 is 0 Å². The van der Waals surface area contributed by atoms with Crippen LogP contribution in [0.3, 0.4) is 0 Å². The summed E-state index contributed by atoms with van der Waals surface area (Å²) in [5.74, 6) is -0.868. The van der Waals surface area contributed by atoms with E-state index in [1.54, 1.807) is 0 Å². The molecule has 7 nitrogen and oxygen atoms in total. The number of nitro groups is 1. The van der Waals surface area contributed by atoms with Gasteiger partial charge in [-0.15, -0.1) is 0 Å². The SMILES string of the molecule is CC.CC/C(=C(\c1ccccc1)c1ccc(/C=C/C(=O)NS(=O)(=O)c2cccc([N+](=O)[O-])c2)cc1)c1ccccc1. The molecule has 0 aliphatic heterocycles. The van der Waals surface area contributed by atoms with Crippen molar-refractivity contribution in [3.63, 3.8) is 0 Å². The normalized spacial score (nSPS) is 11.7.